The summed E-state index contributed by atoms with van der Waals surface area (Å²) in [5.74, 6) is -0.0614. The van der Waals surface area contributed by atoms with Gasteiger partial charge in [0.15, 0.2) is 0 Å². The SMILES string of the molecule is CC(=O)N1CC(NC(=O)N2CCN3C(=O)N([C@H]4C[C@@H]4c4ccccc4)C(=O)[C@@H]3C2)C(c2ccccc2)C1. The van der Waals surface area contributed by atoms with Crippen LogP contribution in [-0.2, 0) is 9.59 Å². The molecule has 0 radical (unpaired) electrons. The summed E-state index contributed by atoms with van der Waals surface area (Å²) in [7, 11) is 0. The summed E-state index contributed by atoms with van der Waals surface area (Å²) >= 11 is 0. The second-order valence-corrected chi connectivity index (χ2v) is 10.5. The van der Waals surface area contributed by atoms with Crippen LogP contribution >= 0.6 is 0 Å². The summed E-state index contributed by atoms with van der Waals surface area (Å²) in [6, 6.07) is 18.4. The third kappa shape index (κ3) is 4.22. The van der Waals surface area contributed by atoms with Crippen molar-refractivity contribution in [3.05, 3.63) is 71.8 Å². The Morgan fingerprint density at radius 1 is 0.811 bits per heavy atom. The van der Waals surface area contributed by atoms with Crippen molar-refractivity contribution in [3.8, 4) is 0 Å². The highest BCUT2D eigenvalue weighted by atomic mass is 16.2. The number of carbonyl (C=O) groups excluding carboxylic acids is 4. The van der Waals surface area contributed by atoms with Crippen molar-refractivity contribution in [1.29, 1.82) is 0 Å². The molecule has 1 N–H and O–H groups in total. The lowest BCUT2D eigenvalue weighted by molar-refractivity contribution is -0.129. The van der Waals surface area contributed by atoms with E-state index >= 15 is 0 Å². The summed E-state index contributed by atoms with van der Waals surface area (Å²) < 4.78 is 0. The lowest BCUT2D eigenvalue weighted by Gasteiger charge is -2.36. The number of nitrogens with zero attached hydrogens (tertiary/aromatic N) is 4. The number of piperazine rings is 1. The average Bonchev–Trinajstić information content (AvgIpc) is 3.51. The Labute approximate surface area is 216 Å². The lowest BCUT2D eigenvalue weighted by Crippen LogP contribution is -2.58. The van der Waals surface area contributed by atoms with Gasteiger partial charge in [0.2, 0.25) is 5.91 Å². The molecule has 2 aromatic rings. The van der Waals surface area contributed by atoms with Crippen LogP contribution in [0, 0.1) is 0 Å². The van der Waals surface area contributed by atoms with E-state index in [9.17, 15) is 19.2 Å². The molecule has 5 atom stereocenters. The number of amides is 6. The van der Waals surface area contributed by atoms with Gasteiger partial charge in [-0.1, -0.05) is 60.7 Å². The zero-order chi connectivity index (χ0) is 25.7. The summed E-state index contributed by atoms with van der Waals surface area (Å²) in [5.41, 5.74) is 2.22. The number of rotatable bonds is 4. The van der Waals surface area contributed by atoms with E-state index in [1.165, 1.54) is 4.90 Å². The van der Waals surface area contributed by atoms with Gasteiger partial charge in [0.05, 0.1) is 12.6 Å². The van der Waals surface area contributed by atoms with E-state index < -0.39 is 6.04 Å². The highest BCUT2D eigenvalue weighted by Gasteiger charge is 2.56. The monoisotopic (exact) mass is 501 g/mol. The highest BCUT2D eigenvalue weighted by Crippen LogP contribution is 2.46. The van der Waals surface area contributed by atoms with Crippen molar-refractivity contribution in [2.75, 3.05) is 32.7 Å². The Bertz CT molecular complexity index is 1220. The Kier molecular flexibility index (Phi) is 5.85. The highest BCUT2D eigenvalue weighted by molar-refractivity contribution is 6.05. The standard InChI is InChI=1S/C28H31N5O4/c1-18(34)31-15-22(20-10-6-3-7-11-20)23(16-31)29-27(36)30-12-13-32-25(17-30)26(35)33(28(32)37)24-14-21(24)19-8-4-2-5-9-19/h2-11,21-25H,12-17H2,1H3,(H,29,36)/t21-,22?,23?,24+,25+/m1/s1. The molecule has 1 aliphatic carbocycles. The number of imide groups is 1. The molecule has 4 fully saturated rings. The number of fused-ring (bicyclic) bond motifs is 1. The second-order valence-electron chi connectivity index (χ2n) is 10.5. The van der Waals surface area contributed by atoms with Gasteiger partial charge in [-0.2, -0.15) is 0 Å². The van der Waals surface area contributed by atoms with Crippen molar-refractivity contribution < 1.29 is 19.2 Å². The molecular weight excluding hydrogens is 470 g/mol. The minimum Gasteiger partial charge on any atom is -0.340 e. The quantitative estimate of drug-likeness (QED) is 0.651. The molecule has 1 saturated carbocycles. The number of hydrogen-bond donors (Lipinski definition) is 1. The summed E-state index contributed by atoms with van der Waals surface area (Å²) in [5, 5.41) is 3.13. The van der Waals surface area contributed by atoms with E-state index in [1.54, 1.807) is 21.6 Å². The van der Waals surface area contributed by atoms with Crippen molar-refractivity contribution in [2.45, 2.75) is 43.3 Å². The molecule has 37 heavy (non-hydrogen) atoms. The Morgan fingerprint density at radius 3 is 2.11 bits per heavy atom. The number of urea groups is 2. The van der Waals surface area contributed by atoms with Crippen LogP contribution in [0.3, 0.4) is 0 Å². The van der Waals surface area contributed by atoms with Gasteiger partial charge in [-0.15, -0.1) is 0 Å². The largest absolute Gasteiger partial charge is 0.340 e. The van der Waals surface area contributed by atoms with Crippen LogP contribution in [0.15, 0.2) is 60.7 Å². The molecular formula is C28H31N5O4. The van der Waals surface area contributed by atoms with Crippen LogP contribution in [0.2, 0.25) is 0 Å². The van der Waals surface area contributed by atoms with Crippen LogP contribution in [-0.4, -0.2) is 94.3 Å². The minimum atomic E-state index is -0.647. The summed E-state index contributed by atoms with van der Waals surface area (Å²) in [4.78, 5) is 58.3. The maximum atomic E-state index is 13.3. The molecule has 2 aromatic carbocycles. The van der Waals surface area contributed by atoms with Gasteiger partial charge in [0.25, 0.3) is 5.91 Å². The van der Waals surface area contributed by atoms with E-state index in [1.807, 2.05) is 60.7 Å². The Balaban J connectivity index is 1.12. The maximum absolute atomic E-state index is 13.3. The molecule has 2 unspecified atom stereocenters. The first-order valence-electron chi connectivity index (χ1n) is 13.0. The minimum absolute atomic E-state index is 0.00897. The van der Waals surface area contributed by atoms with Crippen LogP contribution in [0.25, 0.3) is 0 Å². The number of carbonyl (C=O) groups is 4. The molecule has 9 heteroatoms. The van der Waals surface area contributed by atoms with Crippen molar-refractivity contribution >= 4 is 23.9 Å². The van der Waals surface area contributed by atoms with E-state index in [-0.39, 0.29) is 54.3 Å². The van der Waals surface area contributed by atoms with Crippen LogP contribution in [0.5, 0.6) is 0 Å². The predicted octanol–water partition coefficient (Wildman–Crippen LogP) is 2.22. The second kappa shape index (κ2) is 9.21. The fourth-order valence-electron chi connectivity index (χ4n) is 6.13. The Hall–Kier alpha value is -3.88. The zero-order valence-electron chi connectivity index (χ0n) is 20.8. The fraction of sp³-hybridized carbons (Fsp3) is 0.429. The summed E-state index contributed by atoms with van der Waals surface area (Å²) in [6.07, 6.45) is 0.779. The van der Waals surface area contributed by atoms with Crippen molar-refractivity contribution in [3.63, 3.8) is 0 Å². The Morgan fingerprint density at radius 2 is 1.46 bits per heavy atom. The van der Waals surface area contributed by atoms with Gasteiger partial charge in [0.1, 0.15) is 6.04 Å². The average molecular weight is 502 g/mol. The van der Waals surface area contributed by atoms with Crippen LogP contribution < -0.4 is 5.32 Å². The van der Waals surface area contributed by atoms with Gasteiger partial charge in [-0.25, -0.2) is 9.59 Å². The predicted molar refractivity (Wildman–Crippen MR) is 136 cm³/mol. The molecule has 6 amide bonds. The normalized spacial score (nSPS) is 28.9. The molecule has 3 aliphatic heterocycles. The molecule has 6 rings (SSSR count). The number of benzene rings is 2. The van der Waals surface area contributed by atoms with E-state index in [4.69, 9.17) is 0 Å². The maximum Gasteiger partial charge on any atom is 0.327 e. The van der Waals surface area contributed by atoms with E-state index in [2.05, 4.69) is 5.32 Å². The first-order chi connectivity index (χ1) is 17.9. The third-order valence-corrected chi connectivity index (χ3v) is 8.26. The summed E-state index contributed by atoms with van der Waals surface area (Å²) in [6.45, 7) is 3.40. The van der Waals surface area contributed by atoms with Crippen LogP contribution in [0.4, 0.5) is 9.59 Å². The molecule has 0 spiro atoms. The third-order valence-electron chi connectivity index (χ3n) is 8.26. The van der Waals surface area contributed by atoms with Gasteiger partial charge < -0.3 is 20.0 Å². The topological polar surface area (TPSA) is 93.3 Å². The van der Waals surface area contributed by atoms with Crippen LogP contribution in [0.1, 0.15) is 36.3 Å². The lowest BCUT2D eigenvalue weighted by atomic mass is 9.94. The number of hydrogen-bond acceptors (Lipinski definition) is 4. The number of likely N-dealkylation sites (tertiary alicyclic amines) is 1. The van der Waals surface area contributed by atoms with Gasteiger partial charge in [-0.05, 0) is 17.5 Å². The smallest absolute Gasteiger partial charge is 0.327 e. The molecule has 0 bridgehead atoms. The zero-order valence-corrected chi connectivity index (χ0v) is 20.8. The van der Waals surface area contributed by atoms with E-state index in [0.29, 0.717) is 26.2 Å². The number of nitrogens with one attached hydrogen (secondary N) is 1. The molecule has 3 heterocycles. The van der Waals surface area contributed by atoms with Gasteiger partial charge in [-0.3, -0.25) is 14.5 Å². The van der Waals surface area contributed by atoms with Gasteiger partial charge >= 0.3 is 12.1 Å². The van der Waals surface area contributed by atoms with Crippen molar-refractivity contribution in [1.82, 2.24) is 24.9 Å². The fourth-order valence-corrected chi connectivity index (χ4v) is 6.13. The van der Waals surface area contributed by atoms with E-state index in [0.717, 1.165) is 17.5 Å². The molecule has 9 nitrogen and oxygen atoms in total. The molecule has 0 aromatic heterocycles. The first kappa shape index (κ1) is 23.5. The van der Waals surface area contributed by atoms with Gasteiger partial charge in [0, 0.05) is 51.0 Å². The first-order valence-corrected chi connectivity index (χ1v) is 13.0. The molecule has 4 aliphatic rings. The van der Waals surface area contributed by atoms with Crippen molar-refractivity contribution in [2.24, 2.45) is 0 Å². The molecule has 3 saturated heterocycles. The molecule has 192 valence electrons.